The van der Waals surface area contributed by atoms with Crippen molar-refractivity contribution in [3.05, 3.63) is 27.4 Å². The van der Waals surface area contributed by atoms with E-state index < -0.39 is 17.7 Å². The molecule has 0 unspecified atom stereocenters. The van der Waals surface area contributed by atoms with Crippen LogP contribution in [-0.4, -0.2) is 35.8 Å². The van der Waals surface area contributed by atoms with Crippen molar-refractivity contribution in [1.82, 2.24) is 4.98 Å². The fourth-order valence-electron chi connectivity index (χ4n) is 1.12. The molecule has 106 valence electrons. The third-order valence-electron chi connectivity index (χ3n) is 1.81. The number of alkyl halides is 3. The van der Waals surface area contributed by atoms with Crippen LogP contribution in [0.5, 0.6) is 0 Å². The molecule has 0 bridgehead atoms. The Hall–Kier alpha value is -1.61. The Balaban J connectivity index is 2.43. The molecule has 0 saturated carbocycles. The first-order chi connectivity index (χ1) is 8.78. The quantitative estimate of drug-likeness (QED) is 0.378. The third-order valence-corrected chi connectivity index (χ3v) is 2.00. The van der Waals surface area contributed by atoms with Crippen LogP contribution in [0.1, 0.15) is 0 Å². The lowest BCUT2D eigenvalue weighted by Crippen LogP contribution is -2.20. The topological polar surface area (TPSA) is 77.3 Å². The second kappa shape index (κ2) is 6.53. The second-order valence-electron chi connectivity index (χ2n) is 3.38. The van der Waals surface area contributed by atoms with E-state index in [2.05, 4.69) is 15.0 Å². The van der Waals surface area contributed by atoms with Crippen LogP contribution in [0.15, 0.2) is 12.1 Å². The van der Waals surface area contributed by atoms with E-state index in [1.807, 2.05) is 0 Å². The van der Waals surface area contributed by atoms with Gasteiger partial charge in [-0.15, -0.1) is 0 Å². The number of aromatic nitrogens is 1. The average Bonchev–Trinajstić information content (AvgIpc) is 2.26. The molecule has 0 saturated heterocycles. The van der Waals surface area contributed by atoms with Crippen molar-refractivity contribution >= 4 is 23.1 Å². The minimum absolute atomic E-state index is 0.0145. The molecule has 0 aliphatic rings. The van der Waals surface area contributed by atoms with Crippen LogP contribution in [0.4, 0.5) is 24.7 Å². The molecule has 0 aliphatic carbocycles. The number of rotatable bonds is 6. The summed E-state index contributed by atoms with van der Waals surface area (Å²) in [7, 11) is 0. The summed E-state index contributed by atoms with van der Waals surface area (Å²) >= 11 is 5.56. The minimum atomic E-state index is -4.38. The lowest BCUT2D eigenvalue weighted by atomic mass is 10.4. The maximum Gasteiger partial charge on any atom is 0.411 e. The van der Waals surface area contributed by atoms with Gasteiger partial charge in [-0.05, 0) is 0 Å². The Morgan fingerprint density at radius 2 is 2.16 bits per heavy atom. The van der Waals surface area contributed by atoms with Crippen molar-refractivity contribution in [2.24, 2.45) is 0 Å². The van der Waals surface area contributed by atoms with Gasteiger partial charge in [0.15, 0.2) is 0 Å². The lowest BCUT2D eigenvalue weighted by molar-refractivity contribution is -0.384. The molecular formula is C9H9ClF3N3O3. The van der Waals surface area contributed by atoms with Crippen molar-refractivity contribution in [3.8, 4) is 0 Å². The van der Waals surface area contributed by atoms with Gasteiger partial charge in [-0.1, -0.05) is 11.6 Å². The van der Waals surface area contributed by atoms with Crippen LogP contribution in [-0.2, 0) is 4.74 Å². The molecule has 0 spiro atoms. The van der Waals surface area contributed by atoms with Crippen molar-refractivity contribution in [2.45, 2.75) is 6.18 Å². The molecule has 1 aromatic rings. The number of ether oxygens (including phenoxy) is 1. The maximum absolute atomic E-state index is 11.8. The molecule has 0 radical (unpaired) electrons. The van der Waals surface area contributed by atoms with Crippen molar-refractivity contribution in [2.75, 3.05) is 25.1 Å². The summed E-state index contributed by atoms with van der Waals surface area (Å²) in [5, 5.41) is 13.0. The average molecular weight is 300 g/mol. The molecule has 0 aliphatic heterocycles. The largest absolute Gasteiger partial charge is 0.411 e. The summed E-state index contributed by atoms with van der Waals surface area (Å²) in [6.07, 6.45) is -4.38. The Kier molecular flexibility index (Phi) is 5.31. The van der Waals surface area contributed by atoms with Gasteiger partial charge < -0.3 is 10.1 Å². The number of hydrogen-bond donors (Lipinski definition) is 1. The molecule has 19 heavy (non-hydrogen) atoms. The zero-order valence-electron chi connectivity index (χ0n) is 9.41. The van der Waals surface area contributed by atoms with Gasteiger partial charge in [0, 0.05) is 6.54 Å². The van der Waals surface area contributed by atoms with Crippen molar-refractivity contribution in [1.29, 1.82) is 0 Å². The highest BCUT2D eigenvalue weighted by atomic mass is 35.5. The Morgan fingerprint density at radius 3 is 2.74 bits per heavy atom. The van der Waals surface area contributed by atoms with Crippen molar-refractivity contribution < 1.29 is 22.8 Å². The van der Waals surface area contributed by atoms with Gasteiger partial charge in [0.1, 0.15) is 17.6 Å². The summed E-state index contributed by atoms with van der Waals surface area (Å²) in [4.78, 5) is 13.6. The van der Waals surface area contributed by atoms with Crippen LogP contribution in [0, 0.1) is 10.1 Å². The molecular weight excluding hydrogens is 291 g/mol. The molecule has 1 aromatic heterocycles. The van der Waals surface area contributed by atoms with Crippen molar-refractivity contribution in [3.63, 3.8) is 0 Å². The highest BCUT2D eigenvalue weighted by molar-refractivity contribution is 6.29. The second-order valence-corrected chi connectivity index (χ2v) is 3.77. The summed E-state index contributed by atoms with van der Waals surface area (Å²) in [6, 6.07) is 2.18. The van der Waals surface area contributed by atoms with Crippen LogP contribution in [0.25, 0.3) is 0 Å². The van der Waals surface area contributed by atoms with Gasteiger partial charge in [0.05, 0.1) is 23.7 Å². The van der Waals surface area contributed by atoms with Gasteiger partial charge in [-0.25, -0.2) is 4.98 Å². The molecule has 0 aromatic carbocycles. The van der Waals surface area contributed by atoms with Crippen LogP contribution < -0.4 is 5.32 Å². The first kappa shape index (κ1) is 15.4. The summed E-state index contributed by atoms with van der Waals surface area (Å²) in [5.74, 6) is 0.0924. The maximum atomic E-state index is 11.8. The molecule has 0 atom stereocenters. The predicted molar refractivity (Wildman–Crippen MR) is 61.3 cm³/mol. The number of nitrogens with one attached hydrogen (secondary N) is 1. The fraction of sp³-hybridized carbons (Fsp3) is 0.444. The van der Waals surface area contributed by atoms with Gasteiger partial charge in [-0.3, -0.25) is 10.1 Å². The van der Waals surface area contributed by atoms with E-state index in [0.717, 1.165) is 12.1 Å². The number of hydrogen-bond acceptors (Lipinski definition) is 5. The van der Waals surface area contributed by atoms with Gasteiger partial charge in [0.25, 0.3) is 5.69 Å². The van der Waals surface area contributed by atoms with E-state index in [1.165, 1.54) is 0 Å². The van der Waals surface area contributed by atoms with Crippen LogP contribution in [0.3, 0.4) is 0 Å². The minimum Gasteiger partial charge on any atom is -0.370 e. The Labute approximate surface area is 110 Å². The number of pyridine rings is 1. The van der Waals surface area contributed by atoms with E-state index in [1.54, 1.807) is 0 Å². The van der Waals surface area contributed by atoms with E-state index in [0.29, 0.717) is 0 Å². The van der Waals surface area contributed by atoms with Crippen LogP contribution in [0.2, 0.25) is 5.15 Å². The smallest absolute Gasteiger partial charge is 0.370 e. The molecule has 1 N–H and O–H groups in total. The fourth-order valence-corrected chi connectivity index (χ4v) is 1.32. The molecule has 10 heteroatoms. The molecule has 0 fully saturated rings. The highest BCUT2D eigenvalue weighted by Gasteiger charge is 2.27. The standard InChI is InChI=1S/C9H9ClF3N3O3/c10-7-3-6(16(17)18)4-8(15-7)14-1-2-19-5-9(11,12)13/h3-4H,1-2,5H2,(H,14,15). The SMILES string of the molecule is O=[N+]([O-])c1cc(Cl)nc(NCCOCC(F)(F)F)c1. The highest BCUT2D eigenvalue weighted by Crippen LogP contribution is 2.20. The number of halogens is 4. The van der Waals surface area contributed by atoms with Gasteiger partial charge in [-0.2, -0.15) is 13.2 Å². The zero-order valence-corrected chi connectivity index (χ0v) is 10.2. The third kappa shape index (κ3) is 6.20. The first-order valence-corrected chi connectivity index (χ1v) is 5.36. The van der Waals surface area contributed by atoms with Gasteiger partial charge >= 0.3 is 6.18 Å². The Bertz CT molecular complexity index is 456. The number of anilines is 1. The first-order valence-electron chi connectivity index (χ1n) is 4.98. The van der Waals surface area contributed by atoms with E-state index >= 15 is 0 Å². The van der Waals surface area contributed by atoms with E-state index in [4.69, 9.17) is 11.6 Å². The normalized spacial score (nSPS) is 11.4. The van der Waals surface area contributed by atoms with E-state index in [9.17, 15) is 23.3 Å². The summed E-state index contributed by atoms with van der Waals surface area (Å²) in [6.45, 7) is -1.56. The predicted octanol–water partition coefficient (Wildman–Crippen LogP) is 2.63. The zero-order chi connectivity index (χ0) is 14.5. The summed E-state index contributed by atoms with van der Waals surface area (Å²) in [5.41, 5.74) is -0.265. The monoisotopic (exact) mass is 299 g/mol. The molecule has 6 nitrogen and oxygen atoms in total. The summed E-state index contributed by atoms with van der Waals surface area (Å²) < 4.78 is 39.6. The lowest BCUT2D eigenvalue weighted by Gasteiger charge is -2.08. The van der Waals surface area contributed by atoms with Gasteiger partial charge in [0.2, 0.25) is 0 Å². The van der Waals surface area contributed by atoms with E-state index in [-0.39, 0.29) is 29.8 Å². The number of nitrogens with zero attached hydrogens (tertiary/aromatic N) is 2. The molecule has 1 heterocycles. The van der Waals surface area contributed by atoms with Crippen LogP contribution >= 0.6 is 11.6 Å². The Morgan fingerprint density at radius 1 is 1.47 bits per heavy atom. The molecule has 0 amide bonds. The molecule has 1 rings (SSSR count). The number of nitro groups is 1.